The second-order valence-corrected chi connectivity index (χ2v) is 8.65. The highest BCUT2D eigenvalue weighted by molar-refractivity contribution is 5.76. The molecule has 1 aromatic heterocycles. The van der Waals surface area contributed by atoms with Gasteiger partial charge in [-0.3, -0.25) is 4.79 Å². The van der Waals surface area contributed by atoms with Crippen LogP contribution in [0.25, 0.3) is 11.3 Å². The van der Waals surface area contributed by atoms with Crippen molar-refractivity contribution < 1.29 is 29.2 Å². The lowest BCUT2D eigenvalue weighted by atomic mass is 9.94. The molecule has 0 amide bonds. The Balaban J connectivity index is 0.000000830. The van der Waals surface area contributed by atoms with Crippen molar-refractivity contribution in [3.63, 3.8) is 0 Å². The van der Waals surface area contributed by atoms with Crippen molar-refractivity contribution in [1.82, 2.24) is 10.2 Å². The summed E-state index contributed by atoms with van der Waals surface area (Å²) in [5.74, 6) is 1.28. The summed E-state index contributed by atoms with van der Waals surface area (Å²) in [7, 11) is 1.57. The number of rotatable bonds is 11. The lowest BCUT2D eigenvalue weighted by molar-refractivity contribution is -0.128. The van der Waals surface area contributed by atoms with Crippen LogP contribution in [0.2, 0.25) is 0 Å². The highest BCUT2D eigenvalue weighted by Gasteiger charge is 2.24. The Labute approximate surface area is 214 Å². The predicted octanol–water partition coefficient (Wildman–Crippen LogP) is 4.76. The number of carbonyl (C=O) groups excluding carboxylic acids is 1. The fourth-order valence-corrected chi connectivity index (χ4v) is 4.24. The third-order valence-corrected chi connectivity index (χ3v) is 6.19. The number of nitrogens with zero attached hydrogens (tertiary/aromatic N) is 2. The molecule has 1 aliphatic rings. The van der Waals surface area contributed by atoms with Gasteiger partial charge in [-0.2, -0.15) is 0 Å². The molecule has 1 aromatic carbocycles. The molecule has 9 heteroatoms. The van der Waals surface area contributed by atoms with Gasteiger partial charge in [0.2, 0.25) is 0 Å². The normalized spacial score (nSPS) is 13.5. The van der Waals surface area contributed by atoms with Gasteiger partial charge in [-0.1, -0.05) is 33.1 Å². The van der Waals surface area contributed by atoms with Gasteiger partial charge < -0.3 is 29.7 Å². The maximum absolute atomic E-state index is 10.8. The lowest BCUT2D eigenvalue weighted by Gasteiger charge is -2.22. The van der Waals surface area contributed by atoms with Gasteiger partial charge in [0, 0.05) is 29.8 Å². The Morgan fingerprint density at radius 2 is 2.03 bits per heavy atom. The van der Waals surface area contributed by atoms with E-state index in [9.17, 15) is 15.0 Å². The summed E-state index contributed by atoms with van der Waals surface area (Å²) in [6.45, 7) is 7.82. The summed E-state index contributed by atoms with van der Waals surface area (Å²) in [6, 6.07) is 3.72. The van der Waals surface area contributed by atoms with Crippen molar-refractivity contribution in [1.29, 1.82) is 0 Å². The van der Waals surface area contributed by atoms with Crippen LogP contribution >= 0.6 is 0 Å². The van der Waals surface area contributed by atoms with E-state index in [1.807, 2.05) is 6.07 Å². The van der Waals surface area contributed by atoms with Crippen LogP contribution in [0, 0.1) is 0 Å². The van der Waals surface area contributed by atoms with Gasteiger partial charge in [0.1, 0.15) is 17.2 Å². The van der Waals surface area contributed by atoms with Crippen LogP contribution in [0.5, 0.6) is 11.5 Å². The number of carbonyl (C=O) groups is 1. The summed E-state index contributed by atoms with van der Waals surface area (Å²) < 4.78 is 15.3. The molecule has 1 atom stereocenters. The molecule has 3 N–H and O–H groups in total. The number of nitrogens with one attached hydrogen (secondary N) is 1. The second-order valence-electron chi connectivity index (χ2n) is 8.65. The van der Waals surface area contributed by atoms with Crippen molar-refractivity contribution in [2.75, 3.05) is 25.6 Å². The van der Waals surface area contributed by atoms with E-state index in [2.05, 4.69) is 34.1 Å². The van der Waals surface area contributed by atoms with E-state index in [1.165, 1.54) is 12.8 Å². The molecule has 0 spiro atoms. The fraction of sp³-hybridized carbons (Fsp3) is 0.593. The summed E-state index contributed by atoms with van der Waals surface area (Å²) in [4.78, 5) is 9.18. The summed E-state index contributed by atoms with van der Waals surface area (Å²) >= 11 is 0. The van der Waals surface area contributed by atoms with E-state index in [0.29, 0.717) is 55.5 Å². The van der Waals surface area contributed by atoms with Crippen molar-refractivity contribution in [2.45, 2.75) is 85.0 Å². The van der Waals surface area contributed by atoms with E-state index in [0.717, 1.165) is 42.4 Å². The molecule has 0 saturated carbocycles. The summed E-state index contributed by atoms with van der Waals surface area (Å²) in [5, 5.41) is 33.6. The Morgan fingerprint density at radius 1 is 1.22 bits per heavy atom. The van der Waals surface area contributed by atoms with Gasteiger partial charge in [0.25, 0.3) is 6.47 Å². The number of hydrogen-bond donors (Lipinski definition) is 3. The summed E-state index contributed by atoms with van der Waals surface area (Å²) in [6.07, 6.45) is 7.08. The van der Waals surface area contributed by atoms with Crippen LogP contribution in [-0.4, -0.2) is 53.2 Å². The van der Waals surface area contributed by atoms with E-state index < -0.39 is 0 Å². The average Bonchev–Trinajstić information content (AvgIpc) is 2.97. The molecule has 0 saturated heterocycles. The largest absolute Gasteiger partial charge is 0.507 e. The topological polar surface area (TPSA) is 123 Å². The molecule has 2 heterocycles. The number of aliphatic hydroxyl groups excluding tert-OH is 1. The minimum absolute atomic E-state index is 0.0750. The first-order valence-electron chi connectivity index (χ1n) is 12.8. The van der Waals surface area contributed by atoms with Crippen molar-refractivity contribution in [3.8, 4) is 22.8 Å². The van der Waals surface area contributed by atoms with E-state index in [1.54, 1.807) is 20.1 Å². The maximum atomic E-state index is 10.8. The molecule has 200 valence electrons. The number of aromatic nitrogens is 2. The van der Waals surface area contributed by atoms with Gasteiger partial charge in [-0.05, 0) is 49.8 Å². The van der Waals surface area contributed by atoms with Crippen LogP contribution in [0.15, 0.2) is 12.1 Å². The predicted molar refractivity (Wildman–Crippen MR) is 139 cm³/mol. The van der Waals surface area contributed by atoms with Gasteiger partial charge in [0.15, 0.2) is 5.82 Å². The second kappa shape index (κ2) is 16.0. The number of anilines is 1. The van der Waals surface area contributed by atoms with Gasteiger partial charge in [-0.15, -0.1) is 10.2 Å². The summed E-state index contributed by atoms with van der Waals surface area (Å²) in [5.41, 5.74) is 3.67. The molecule has 0 radical (unpaired) electrons. The molecule has 1 aliphatic heterocycles. The van der Waals surface area contributed by atoms with E-state index >= 15 is 0 Å². The van der Waals surface area contributed by atoms with Gasteiger partial charge in [0.05, 0.1) is 26.9 Å². The zero-order valence-corrected chi connectivity index (χ0v) is 22.0. The first kappa shape index (κ1) is 29.3. The van der Waals surface area contributed by atoms with E-state index in [4.69, 9.17) is 9.47 Å². The first-order valence-corrected chi connectivity index (χ1v) is 12.8. The zero-order chi connectivity index (χ0) is 26.3. The minimum Gasteiger partial charge on any atom is -0.507 e. The zero-order valence-electron chi connectivity index (χ0n) is 22.0. The van der Waals surface area contributed by atoms with Crippen LogP contribution < -0.4 is 10.1 Å². The third kappa shape index (κ3) is 8.06. The monoisotopic (exact) mass is 503 g/mol. The van der Waals surface area contributed by atoms with Crippen molar-refractivity contribution in [2.24, 2.45) is 0 Å². The van der Waals surface area contributed by atoms with Gasteiger partial charge in [-0.25, -0.2) is 0 Å². The molecule has 1 unspecified atom stereocenters. The SMILES string of the molecule is CCCCCC(CC)Nc1nnc2c(c1CO)CCCOCc1cc(OC)cc(O)c1-2.CCOC=O. The van der Waals surface area contributed by atoms with Crippen LogP contribution in [0.4, 0.5) is 5.82 Å². The Hall–Kier alpha value is -2.91. The minimum atomic E-state index is -0.140. The van der Waals surface area contributed by atoms with Crippen LogP contribution in [0.3, 0.4) is 0 Å². The molecular weight excluding hydrogens is 462 g/mol. The standard InChI is InChI=1S/C24H35N3O4.C3H6O2/c1-4-6-7-9-17(5-2)25-24-20(14-28)19-10-8-11-31-15-16-12-18(30-3)13-21(29)22(16)23(19)26-27-24;1-2-5-3-4/h12-13,17,28-29H,4-11,14-15H2,1-3H3,(H,25,27);3H,2H2,1H3. The number of aliphatic hydroxyl groups is 1. The number of fused-ring (bicyclic) bond motifs is 3. The number of benzene rings is 1. The molecule has 0 bridgehead atoms. The first-order chi connectivity index (χ1) is 17.5. The van der Waals surface area contributed by atoms with Crippen LogP contribution in [0.1, 0.15) is 76.0 Å². The number of hydrogen-bond acceptors (Lipinski definition) is 9. The molecule has 3 rings (SSSR count). The number of phenolic OH excluding ortho intramolecular Hbond substituents is 1. The van der Waals surface area contributed by atoms with Gasteiger partial charge >= 0.3 is 0 Å². The van der Waals surface area contributed by atoms with E-state index in [-0.39, 0.29) is 18.4 Å². The Kier molecular flexibility index (Phi) is 13.0. The maximum Gasteiger partial charge on any atom is 0.293 e. The molecule has 0 fully saturated rings. The lowest BCUT2D eigenvalue weighted by Crippen LogP contribution is -2.21. The number of unbranched alkanes of at least 4 members (excludes halogenated alkanes) is 2. The average molecular weight is 504 g/mol. The highest BCUT2D eigenvalue weighted by atomic mass is 16.5. The van der Waals surface area contributed by atoms with Crippen molar-refractivity contribution in [3.05, 3.63) is 28.8 Å². The highest BCUT2D eigenvalue weighted by Crippen LogP contribution is 2.40. The molecule has 36 heavy (non-hydrogen) atoms. The molecule has 0 aliphatic carbocycles. The van der Waals surface area contributed by atoms with Crippen molar-refractivity contribution >= 4 is 12.3 Å². The smallest absolute Gasteiger partial charge is 0.293 e. The quantitative estimate of drug-likeness (QED) is 0.294. The number of aromatic hydroxyl groups is 1. The van der Waals surface area contributed by atoms with Crippen LogP contribution in [-0.2, 0) is 33.9 Å². The molecular formula is C27H41N3O6. The Bertz CT molecular complexity index is 954. The fourth-order valence-electron chi connectivity index (χ4n) is 4.24. The molecule has 9 nitrogen and oxygen atoms in total. The molecule has 2 aromatic rings. The third-order valence-electron chi connectivity index (χ3n) is 6.19. The number of phenols is 1. The number of methoxy groups -OCH3 is 1. The Morgan fingerprint density at radius 3 is 2.64 bits per heavy atom. The number of ether oxygens (including phenoxy) is 3.